The third-order valence-electron chi connectivity index (χ3n) is 2.68. The molecule has 1 aromatic carbocycles. The number of nitrogens with one attached hydrogen (secondary N) is 2. The van der Waals surface area contributed by atoms with Gasteiger partial charge in [0.15, 0.2) is 0 Å². The standard InChI is InChI=1S/C12H13N3O3S/c1-8-9(4-2-6-11(8)19(13,17)18)15-12(16)10-5-3-7-14-10/h2-7,14H,1H3,(H,15,16)(H2,13,17,18). The number of sulfonamides is 1. The van der Waals surface area contributed by atoms with Gasteiger partial charge in [-0.25, -0.2) is 13.6 Å². The van der Waals surface area contributed by atoms with Crippen molar-refractivity contribution in [3.8, 4) is 0 Å². The van der Waals surface area contributed by atoms with Crippen LogP contribution in [0.15, 0.2) is 41.4 Å². The molecule has 4 N–H and O–H groups in total. The second kappa shape index (κ2) is 4.87. The highest BCUT2D eigenvalue weighted by atomic mass is 32.2. The lowest BCUT2D eigenvalue weighted by Crippen LogP contribution is -2.17. The number of hydrogen-bond donors (Lipinski definition) is 3. The van der Waals surface area contributed by atoms with Gasteiger partial charge in [-0.1, -0.05) is 6.07 Å². The maximum atomic E-state index is 11.9. The van der Waals surface area contributed by atoms with Gasteiger partial charge in [-0.3, -0.25) is 4.79 Å². The van der Waals surface area contributed by atoms with Crippen molar-refractivity contribution in [1.82, 2.24) is 4.98 Å². The molecule has 0 atom stereocenters. The maximum Gasteiger partial charge on any atom is 0.272 e. The number of benzene rings is 1. The van der Waals surface area contributed by atoms with E-state index in [0.29, 0.717) is 16.9 Å². The van der Waals surface area contributed by atoms with E-state index in [-0.39, 0.29) is 10.8 Å². The first-order valence-electron chi connectivity index (χ1n) is 5.47. The molecule has 0 aliphatic heterocycles. The summed E-state index contributed by atoms with van der Waals surface area (Å²) < 4.78 is 22.8. The second-order valence-electron chi connectivity index (χ2n) is 4.01. The number of H-pyrrole nitrogens is 1. The lowest BCUT2D eigenvalue weighted by molar-refractivity contribution is 0.102. The van der Waals surface area contributed by atoms with Gasteiger partial charge in [0.25, 0.3) is 5.91 Å². The van der Waals surface area contributed by atoms with Crippen LogP contribution in [-0.4, -0.2) is 19.3 Å². The van der Waals surface area contributed by atoms with Crippen molar-refractivity contribution in [3.05, 3.63) is 47.8 Å². The first kappa shape index (κ1) is 13.3. The van der Waals surface area contributed by atoms with E-state index < -0.39 is 10.0 Å². The van der Waals surface area contributed by atoms with Crippen LogP contribution in [0.1, 0.15) is 16.1 Å². The molecule has 0 unspecified atom stereocenters. The summed E-state index contributed by atoms with van der Waals surface area (Å²) >= 11 is 0. The number of carbonyl (C=O) groups excluding carboxylic acids is 1. The average Bonchev–Trinajstić information content (AvgIpc) is 2.83. The monoisotopic (exact) mass is 279 g/mol. The number of carbonyl (C=O) groups is 1. The van der Waals surface area contributed by atoms with Crippen molar-refractivity contribution in [1.29, 1.82) is 0 Å². The van der Waals surface area contributed by atoms with E-state index in [1.54, 1.807) is 31.3 Å². The summed E-state index contributed by atoms with van der Waals surface area (Å²) in [7, 11) is -3.80. The van der Waals surface area contributed by atoms with Gasteiger partial charge in [-0.05, 0) is 36.8 Å². The van der Waals surface area contributed by atoms with Crippen molar-refractivity contribution >= 4 is 21.6 Å². The van der Waals surface area contributed by atoms with Crippen LogP contribution in [0.3, 0.4) is 0 Å². The van der Waals surface area contributed by atoms with Crippen LogP contribution in [-0.2, 0) is 10.0 Å². The fraction of sp³-hybridized carbons (Fsp3) is 0.0833. The van der Waals surface area contributed by atoms with Crippen molar-refractivity contribution in [2.24, 2.45) is 5.14 Å². The van der Waals surface area contributed by atoms with Crippen LogP contribution in [0.4, 0.5) is 5.69 Å². The molecule has 100 valence electrons. The Hall–Kier alpha value is -2.12. The van der Waals surface area contributed by atoms with Crippen molar-refractivity contribution in [2.45, 2.75) is 11.8 Å². The minimum absolute atomic E-state index is 0.00298. The molecule has 7 heteroatoms. The zero-order valence-corrected chi connectivity index (χ0v) is 11.0. The zero-order chi connectivity index (χ0) is 14.0. The molecule has 0 spiro atoms. The Morgan fingerprint density at radius 3 is 2.58 bits per heavy atom. The number of anilines is 1. The number of primary sulfonamides is 1. The smallest absolute Gasteiger partial charge is 0.272 e. The van der Waals surface area contributed by atoms with E-state index in [1.807, 2.05) is 0 Å². The summed E-state index contributed by atoms with van der Waals surface area (Å²) in [5.74, 6) is -0.348. The minimum Gasteiger partial charge on any atom is -0.357 e. The number of amides is 1. The third-order valence-corrected chi connectivity index (χ3v) is 3.74. The Labute approximate surface area is 110 Å². The van der Waals surface area contributed by atoms with Gasteiger partial charge in [0, 0.05) is 11.9 Å². The van der Waals surface area contributed by atoms with E-state index in [9.17, 15) is 13.2 Å². The van der Waals surface area contributed by atoms with Crippen LogP contribution >= 0.6 is 0 Å². The van der Waals surface area contributed by atoms with E-state index in [2.05, 4.69) is 10.3 Å². The molecule has 19 heavy (non-hydrogen) atoms. The van der Waals surface area contributed by atoms with Gasteiger partial charge in [0.2, 0.25) is 10.0 Å². The normalized spacial score (nSPS) is 11.3. The van der Waals surface area contributed by atoms with Crippen LogP contribution in [0, 0.1) is 6.92 Å². The summed E-state index contributed by atoms with van der Waals surface area (Å²) in [5, 5.41) is 7.74. The highest BCUT2D eigenvalue weighted by Crippen LogP contribution is 2.22. The topological polar surface area (TPSA) is 105 Å². The fourth-order valence-corrected chi connectivity index (χ4v) is 2.52. The predicted octanol–water partition coefficient (Wildman–Crippen LogP) is 1.22. The van der Waals surface area contributed by atoms with Gasteiger partial charge in [0.05, 0.1) is 4.90 Å². The lowest BCUT2D eigenvalue weighted by Gasteiger charge is -2.10. The zero-order valence-electron chi connectivity index (χ0n) is 10.2. The molecule has 2 rings (SSSR count). The quantitative estimate of drug-likeness (QED) is 0.786. The summed E-state index contributed by atoms with van der Waals surface area (Å²) in [6.45, 7) is 1.59. The van der Waals surface area contributed by atoms with Crippen LogP contribution in [0.5, 0.6) is 0 Å². The Balaban J connectivity index is 2.35. The van der Waals surface area contributed by atoms with E-state index in [1.165, 1.54) is 12.1 Å². The first-order valence-corrected chi connectivity index (χ1v) is 7.01. The lowest BCUT2D eigenvalue weighted by atomic mass is 10.2. The number of rotatable bonds is 3. The molecule has 1 aromatic heterocycles. The molecule has 0 saturated heterocycles. The molecule has 0 radical (unpaired) electrons. The Bertz CT molecular complexity index is 706. The highest BCUT2D eigenvalue weighted by Gasteiger charge is 2.15. The molecule has 2 aromatic rings. The van der Waals surface area contributed by atoms with Gasteiger partial charge in [0.1, 0.15) is 5.69 Å². The summed E-state index contributed by atoms with van der Waals surface area (Å²) in [4.78, 5) is 14.6. The largest absolute Gasteiger partial charge is 0.357 e. The number of nitrogens with two attached hydrogens (primary N) is 1. The molecule has 6 nitrogen and oxygen atoms in total. The molecule has 0 saturated carbocycles. The molecule has 1 amide bonds. The number of aromatic amines is 1. The SMILES string of the molecule is Cc1c(NC(=O)c2ccc[nH]2)cccc1S(N)(=O)=O. The number of hydrogen-bond acceptors (Lipinski definition) is 3. The molecule has 0 aliphatic carbocycles. The summed E-state index contributed by atoms with van der Waals surface area (Å²) in [6, 6.07) is 7.85. The minimum atomic E-state index is -3.80. The van der Waals surface area contributed by atoms with Crippen molar-refractivity contribution < 1.29 is 13.2 Å². The van der Waals surface area contributed by atoms with E-state index >= 15 is 0 Å². The van der Waals surface area contributed by atoms with E-state index in [4.69, 9.17) is 5.14 Å². The Kier molecular flexibility index (Phi) is 3.41. The second-order valence-corrected chi connectivity index (χ2v) is 5.54. The van der Waals surface area contributed by atoms with Crippen LogP contribution in [0.2, 0.25) is 0 Å². The first-order chi connectivity index (χ1) is 8.89. The molecule has 0 fully saturated rings. The average molecular weight is 279 g/mol. The summed E-state index contributed by atoms with van der Waals surface area (Å²) in [6.07, 6.45) is 1.63. The molecule has 0 aliphatic rings. The van der Waals surface area contributed by atoms with Gasteiger partial charge >= 0.3 is 0 Å². The maximum absolute atomic E-state index is 11.9. The fourth-order valence-electron chi connectivity index (χ4n) is 1.72. The molecular weight excluding hydrogens is 266 g/mol. The Morgan fingerprint density at radius 1 is 1.26 bits per heavy atom. The van der Waals surface area contributed by atoms with Crippen LogP contribution < -0.4 is 10.5 Å². The summed E-state index contributed by atoms with van der Waals surface area (Å²) in [5.41, 5.74) is 1.21. The van der Waals surface area contributed by atoms with Gasteiger partial charge in [-0.15, -0.1) is 0 Å². The third kappa shape index (κ3) is 2.83. The van der Waals surface area contributed by atoms with E-state index in [0.717, 1.165) is 0 Å². The molecule has 0 bridgehead atoms. The van der Waals surface area contributed by atoms with Crippen LogP contribution in [0.25, 0.3) is 0 Å². The Morgan fingerprint density at radius 2 is 2.00 bits per heavy atom. The highest BCUT2D eigenvalue weighted by molar-refractivity contribution is 7.89. The van der Waals surface area contributed by atoms with Gasteiger partial charge < -0.3 is 10.3 Å². The van der Waals surface area contributed by atoms with Gasteiger partial charge in [-0.2, -0.15) is 0 Å². The van der Waals surface area contributed by atoms with Crippen molar-refractivity contribution in [3.63, 3.8) is 0 Å². The molecular formula is C12H13N3O3S. The molecule has 1 heterocycles. The number of aromatic nitrogens is 1. The predicted molar refractivity (Wildman–Crippen MR) is 71.3 cm³/mol. The van der Waals surface area contributed by atoms with Crippen molar-refractivity contribution in [2.75, 3.05) is 5.32 Å².